The van der Waals surface area contributed by atoms with E-state index in [2.05, 4.69) is 20.7 Å². The summed E-state index contributed by atoms with van der Waals surface area (Å²) in [4.78, 5) is 41.5. The molecule has 0 bridgehead atoms. The molecule has 2 aromatic carbocycles. The molecular weight excluding hydrogens is 503 g/mol. The molecule has 1 atom stereocenters. The Balaban J connectivity index is 1.41. The predicted octanol–water partition coefficient (Wildman–Crippen LogP) is 3.50. The summed E-state index contributed by atoms with van der Waals surface area (Å²) in [5.41, 5.74) is 1.78. The maximum Gasteiger partial charge on any atom is 0.335 e. The predicted molar refractivity (Wildman–Crippen MR) is 127 cm³/mol. The summed E-state index contributed by atoms with van der Waals surface area (Å²) in [7, 11) is 0. The molecule has 3 N–H and O–H groups in total. The first-order chi connectivity index (χ1) is 18.1. The lowest BCUT2D eigenvalue weighted by Gasteiger charge is -2.16. The second kappa shape index (κ2) is 9.61. The van der Waals surface area contributed by atoms with Gasteiger partial charge in [-0.2, -0.15) is 5.10 Å². The van der Waals surface area contributed by atoms with Crippen LogP contribution in [-0.2, 0) is 13.0 Å². The molecule has 0 saturated carbocycles. The standard InChI is InChI=1S/C26H20F3N5O4/c1-12-16-4-5-20(18(16)3-2-17(12)26(37)38)33-25(36)22-9-21(32-23-19(29)11-31-34(22)23)24(35)30-10-13-6-14(27)8-15(28)7-13/h2-3,6-9,11,20H,4-5,10H2,1H3,(H,30,35)(H,33,36)(H,37,38)/t20-/m0/s1. The third kappa shape index (κ3) is 4.56. The number of carbonyl (C=O) groups excluding carboxylic acids is 2. The third-order valence-corrected chi connectivity index (χ3v) is 6.50. The van der Waals surface area contributed by atoms with Crippen molar-refractivity contribution in [2.24, 2.45) is 0 Å². The van der Waals surface area contributed by atoms with Crippen LogP contribution in [0.4, 0.5) is 13.2 Å². The fourth-order valence-electron chi connectivity index (χ4n) is 4.69. The summed E-state index contributed by atoms with van der Waals surface area (Å²) in [5.74, 6) is -4.96. The highest BCUT2D eigenvalue weighted by Crippen LogP contribution is 2.35. The number of rotatable bonds is 6. The summed E-state index contributed by atoms with van der Waals surface area (Å²) >= 11 is 0. The monoisotopic (exact) mass is 523 g/mol. The van der Waals surface area contributed by atoms with E-state index < -0.39 is 41.3 Å². The van der Waals surface area contributed by atoms with Crippen molar-refractivity contribution in [2.75, 3.05) is 0 Å². The minimum Gasteiger partial charge on any atom is -0.478 e. The molecule has 1 aliphatic rings. The van der Waals surface area contributed by atoms with Crippen LogP contribution >= 0.6 is 0 Å². The molecule has 9 nitrogen and oxygen atoms in total. The van der Waals surface area contributed by atoms with Crippen molar-refractivity contribution in [2.45, 2.75) is 32.4 Å². The van der Waals surface area contributed by atoms with Crippen LogP contribution in [0.15, 0.2) is 42.6 Å². The van der Waals surface area contributed by atoms with Gasteiger partial charge in [0.15, 0.2) is 11.5 Å². The number of carboxylic acids is 1. The molecule has 194 valence electrons. The van der Waals surface area contributed by atoms with E-state index in [1.165, 1.54) is 6.07 Å². The SMILES string of the molecule is Cc1c(C(=O)O)ccc2c1CC[C@@H]2NC(=O)c1cc(C(=O)NCc2cc(F)cc(F)c2)nc2c(F)cnn12. The van der Waals surface area contributed by atoms with E-state index in [0.29, 0.717) is 24.5 Å². The maximum atomic E-state index is 14.4. The number of amides is 2. The van der Waals surface area contributed by atoms with Crippen LogP contribution in [0.25, 0.3) is 5.65 Å². The van der Waals surface area contributed by atoms with Crippen molar-refractivity contribution >= 4 is 23.4 Å². The first kappa shape index (κ1) is 24.9. The van der Waals surface area contributed by atoms with E-state index >= 15 is 0 Å². The molecule has 0 saturated heterocycles. The summed E-state index contributed by atoms with van der Waals surface area (Å²) in [6.45, 7) is 1.48. The fourth-order valence-corrected chi connectivity index (χ4v) is 4.69. The molecule has 2 heterocycles. The molecule has 38 heavy (non-hydrogen) atoms. The normalized spacial score (nSPS) is 14.4. The van der Waals surface area contributed by atoms with Gasteiger partial charge in [0, 0.05) is 18.7 Å². The van der Waals surface area contributed by atoms with Crippen LogP contribution in [0.2, 0.25) is 0 Å². The number of halogens is 3. The zero-order valence-corrected chi connectivity index (χ0v) is 19.9. The van der Waals surface area contributed by atoms with Crippen LogP contribution < -0.4 is 10.6 Å². The number of carboxylic acid groups (broad SMARTS) is 1. The highest BCUT2D eigenvalue weighted by molar-refractivity contribution is 5.98. The number of fused-ring (bicyclic) bond motifs is 2. The quantitative estimate of drug-likeness (QED) is 0.355. The lowest BCUT2D eigenvalue weighted by Crippen LogP contribution is -2.30. The van der Waals surface area contributed by atoms with Gasteiger partial charge in [0.05, 0.1) is 17.8 Å². The van der Waals surface area contributed by atoms with Crippen LogP contribution in [0.1, 0.15) is 66.1 Å². The Morgan fingerprint density at radius 1 is 1.08 bits per heavy atom. The lowest BCUT2D eigenvalue weighted by molar-refractivity contribution is 0.0695. The molecule has 1 aliphatic carbocycles. The Bertz CT molecular complexity index is 1610. The van der Waals surface area contributed by atoms with Crippen LogP contribution in [0.5, 0.6) is 0 Å². The van der Waals surface area contributed by atoms with Gasteiger partial charge in [-0.25, -0.2) is 27.5 Å². The highest BCUT2D eigenvalue weighted by atomic mass is 19.1. The van der Waals surface area contributed by atoms with Crippen molar-refractivity contribution in [3.63, 3.8) is 0 Å². The summed E-state index contributed by atoms with van der Waals surface area (Å²) in [5, 5.41) is 18.5. The lowest BCUT2D eigenvalue weighted by atomic mass is 9.98. The third-order valence-electron chi connectivity index (χ3n) is 6.50. The summed E-state index contributed by atoms with van der Waals surface area (Å²) in [6.07, 6.45) is 1.94. The van der Waals surface area contributed by atoms with E-state index in [1.54, 1.807) is 13.0 Å². The van der Waals surface area contributed by atoms with E-state index in [9.17, 15) is 32.7 Å². The van der Waals surface area contributed by atoms with E-state index in [0.717, 1.165) is 40.0 Å². The highest BCUT2D eigenvalue weighted by Gasteiger charge is 2.29. The smallest absolute Gasteiger partial charge is 0.335 e. The number of nitrogens with one attached hydrogen (secondary N) is 2. The number of hydrogen-bond acceptors (Lipinski definition) is 5. The number of nitrogens with zero attached hydrogens (tertiary/aromatic N) is 3. The Kier molecular flexibility index (Phi) is 6.31. The molecular formula is C26H20F3N5O4. The van der Waals surface area contributed by atoms with Crippen molar-refractivity contribution in [3.05, 3.63) is 99.3 Å². The summed E-state index contributed by atoms with van der Waals surface area (Å²) in [6, 6.07) is 6.65. The van der Waals surface area contributed by atoms with Gasteiger partial charge in [-0.05, 0) is 60.2 Å². The van der Waals surface area contributed by atoms with Gasteiger partial charge in [0.2, 0.25) is 0 Å². The topological polar surface area (TPSA) is 126 Å². The Labute approximate surface area is 213 Å². The van der Waals surface area contributed by atoms with Gasteiger partial charge in [0.25, 0.3) is 11.8 Å². The largest absolute Gasteiger partial charge is 0.478 e. The van der Waals surface area contributed by atoms with Gasteiger partial charge in [-0.3, -0.25) is 9.59 Å². The van der Waals surface area contributed by atoms with Crippen molar-refractivity contribution < 1.29 is 32.7 Å². The van der Waals surface area contributed by atoms with Gasteiger partial charge in [-0.15, -0.1) is 0 Å². The molecule has 2 aromatic heterocycles. The minimum absolute atomic E-state index is 0.159. The van der Waals surface area contributed by atoms with Gasteiger partial charge in [-0.1, -0.05) is 6.07 Å². The molecule has 2 amide bonds. The zero-order valence-electron chi connectivity index (χ0n) is 19.9. The maximum absolute atomic E-state index is 14.4. The second-order valence-electron chi connectivity index (χ2n) is 8.89. The fraction of sp³-hybridized carbons (Fsp3) is 0.192. The molecule has 0 unspecified atom stereocenters. The molecule has 12 heteroatoms. The van der Waals surface area contributed by atoms with Gasteiger partial charge >= 0.3 is 5.97 Å². The number of aromatic nitrogens is 3. The average molecular weight is 523 g/mol. The van der Waals surface area contributed by atoms with Crippen LogP contribution in [-0.4, -0.2) is 37.5 Å². The van der Waals surface area contributed by atoms with Gasteiger partial charge < -0.3 is 15.7 Å². The number of hydrogen-bond donors (Lipinski definition) is 3. The molecule has 0 radical (unpaired) electrons. The Hall–Kier alpha value is -4.74. The van der Waals surface area contributed by atoms with Gasteiger partial charge in [0.1, 0.15) is 23.0 Å². The molecule has 4 aromatic rings. The Morgan fingerprint density at radius 2 is 1.82 bits per heavy atom. The van der Waals surface area contributed by atoms with Crippen molar-refractivity contribution in [3.8, 4) is 0 Å². The first-order valence-electron chi connectivity index (χ1n) is 11.6. The van der Waals surface area contributed by atoms with Crippen LogP contribution in [0, 0.1) is 24.4 Å². The summed E-state index contributed by atoms with van der Waals surface area (Å²) < 4.78 is 42.3. The van der Waals surface area contributed by atoms with E-state index in [4.69, 9.17) is 0 Å². The van der Waals surface area contributed by atoms with E-state index in [-0.39, 0.29) is 34.7 Å². The Morgan fingerprint density at radius 3 is 2.53 bits per heavy atom. The second-order valence-corrected chi connectivity index (χ2v) is 8.89. The van der Waals surface area contributed by atoms with E-state index in [1.807, 2.05) is 0 Å². The number of benzene rings is 2. The zero-order chi connectivity index (χ0) is 27.1. The molecule has 0 aliphatic heterocycles. The average Bonchev–Trinajstić information content (AvgIpc) is 3.45. The first-order valence-corrected chi connectivity index (χ1v) is 11.6. The molecule has 0 fully saturated rings. The van der Waals surface area contributed by atoms with Crippen molar-refractivity contribution in [1.29, 1.82) is 0 Å². The van der Waals surface area contributed by atoms with Crippen LogP contribution in [0.3, 0.4) is 0 Å². The number of carbonyl (C=O) groups is 3. The molecule has 5 rings (SSSR count). The minimum atomic E-state index is -1.04. The number of aromatic carboxylic acids is 1. The van der Waals surface area contributed by atoms with Crippen molar-refractivity contribution in [1.82, 2.24) is 25.2 Å². The molecule has 0 spiro atoms.